The Labute approximate surface area is 248 Å². The molecule has 0 spiro atoms. The minimum atomic E-state index is -1.65. The maximum atomic E-state index is 14.8. The smallest absolute Gasteiger partial charge is 0.324 e. The van der Waals surface area contributed by atoms with E-state index in [0.717, 1.165) is 16.7 Å². The first-order valence-electron chi connectivity index (χ1n) is 14.1. The van der Waals surface area contributed by atoms with E-state index in [-0.39, 0.29) is 36.3 Å². The van der Waals surface area contributed by atoms with Gasteiger partial charge in [-0.05, 0) is 36.1 Å². The van der Waals surface area contributed by atoms with Crippen LogP contribution in [0.2, 0.25) is 0 Å². The summed E-state index contributed by atoms with van der Waals surface area (Å²) in [6.07, 6.45) is 0.182. The molecule has 43 heavy (non-hydrogen) atoms. The topological polar surface area (TPSA) is 123 Å². The van der Waals surface area contributed by atoms with Gasteiger partial charge in [0.2, 0.25) is 5.82 Å². The molecule has 0 radical (unpaired) electrons. The Morgan fingerprint density at radius 1 is 0.977 bits per heavy atom. The molecule has 1 N–H and O–H groups in total. The molecule has 10 heteroatoms. The van der Waals surface area contributed by atoms with E-state index in [1.54, 1.807) is 26.0 Å². The number of carboxylic acids is 1. The number of carbonyl (C=O) groups is 3. The van der Waals surface area contributed by atoms with Crippen LogP contribution in [0.15, 0.2) is 77.3 Å². The van der Waals surface area contributed by atoms with Crippen LogP contribution in [-0.4, -0.2) is 57.6 Å². The van der Waals surface area contributed by atoms with Crippen LogP contribution in [0.5, 0.6) is 0 Å². The van der Waals surface area contributed by atoms with Gasteiger partial charge in [-0.25, -0.2) is 4.39 Å². The van der Waals surface area contributed by atoms with E-state index in [2.05, 4.69) is 15.0 Å². The van der Waals surface area contributed by atoms with E-state index in [0.29, 0.717) is 36.6 Å². The Morgan fingerprint density at radius 2 is 1.65 bits per heavy atom. The van der Waals surface area contributed by atoms with Crippen LogP contribution in [0.4, 0.5) is 4.39 Å². The molecule has 5 rings (SSSR count). The lowest BCUT2D eigenvalue weighted by atomic mass is 9.78. The highest BCUT2D eigenvalue weighted by molar-refractivity contribution is 6.00. The molecule has 0 saturated carbocycles. The van der Waals surface area contributed by atoms with Crippen LogP contribution in [0, 0.1) is 17.2 Å². The van der Waals surface area contributed by atoms with Crippen LogP contribution in [0.1, 0.15) is 32.3 Å². The number of piperidine rings is 1. The summed E-state index contributed by atoms with van der Waals surface area (Å²) in [5.74, 6) is -2.44. The number of rotatable bonds is 10. The van der Waals surface area contributed by atoms with Crippen LogP contribution in [0.3, 0.4) is 0 Å². The van der Waals surface area contributed by atoms with Gasteiger partial charge in [-0.15, -0.1) is 0 Å². The second-order valence-corrected chi connectivity index (χ2v) is 11.0. The van der Waals surface area contributed by atoms with Crippen molar-refractivity contribution in [1.29, 1.82) is 0 Å². The number of ether oxygens (including phenoxy) is 1. The van der Waals surface area contributed by atoms with Crippen LogP contribution >= 0.6 is 0 Å². The fraction of sp³-hybridized carbons (Fsp3) is 0.303. The first kappa shape index (κ1) is 29.8. The predicted octanol–water partition coefficient (Wildman–Crippen LogP) is 5.64. The van der Waals surface area contributed by atoms with E-state index >= 15 is 0 Å². The zero-order valence-electron chi connectivity index (χ0n) is 24.0. The molecule has 1 saturated heterocycles. The molecule has 0 amide bonds. The van der Waals surface area contributed by atoms with Gasteiger partial charge >= 0.3 is 11.9 Å². The van der Waals surface area contributed by atoms with E-state index in [4.69, 9.17) is 9.26 Å². The number of Topliss-reactive ketones (excluding diaryl/α,β-unsaturated/α-hetero) is 1. The predicted molar refractivity (Wildman–Crippen MR) is 156 cm³/mol. The Balaban J connectivity index is 1.19. The lowest BCUT2D eigenvalue weighted by Crippen LogP contribution is -2.49. The number of halogens is 1. The number of nitrogens with zero attached hydrogens (tertiary/aromatic N) is 3. The molecule has 2 heterocycles. The number of likely N-dealkylation sites (tertiary alicyclic amines) is 1. The summed E-state index contributed by atoms with van der Waals surface area (Å²) in [6.45, 7) is 4.30. The summed E-state index contributed by atoms with van der Waals surface area (Å²) in [7, 11) is 0. The summed E-state index contributed by atoms with van der Waals surface area (Å²) in [5.41, 5.74) is 1.80. The Kier molecular flexibility index (Phi) is 8.77. The summed E-state index contributed by atoms with van der Waals surface area (Å²) in [5, 5.41) is 13.9. The van der Waals surface area contributed by atoms with Gasteiger partial charge in [0.15, 0.2) is 11.2 Å². The van der Waals surface area contributed by atoms with E-state index in [1.807, 2.05) is 54.6 Å². The molecule has 0 atom stereocenters. The quantitative estimate of drug-likeness (QED) is 0.186. The third-order valence-corrected chi connectivity index (χ3v) is 7.84. The van der Waals surface area contributed by atoms with Crippen molar-refractivity contribution in [3.63, 3.8) is 0 Å². The number of carboxylic acid groups (broad SMARTS) is 1. The lowest BCUT2D eigenvalue weighted by Gasteiger charge is -2.37. The monoisotopic (exact) mass is 585 g/mol. The highest BCUT2D eigenvalue weighted by atomic mass is 19.1. The standard InChI is InChI=1S/C33H32FN3O6/c1-21(2)28(38)20-42-32(41)33(31(39)40)14-16-37(17-15-33)19-22-8-10-24(11-9-22)29-35-30(43-36-29)25-12-13-26(27(34)18-25)23-6-4-3-5-7-23/h3-13,18,21H,14-17,19-20H2,1-2H3,(H,39,40). The zero-order chi connectivity index (χ0) is 30.6. The van der Waals surface area contributed by atoms with Gasteiger partial charge < -0.3 is 14.4 Å². The molecule has 222 valence electrons. The van der Waals surface area contributed by atoms with Crippen LogP contribution in [0.25, 0.3) is 34.0 Å². The number of benzene rings is 3. The first-order chi connectivity index (χ1) is 20.7. The summed E-state index contributed by atoms with van der Waals surface area (Å²) in [6, 6.07) is 21.7. The first-order valence-corrected chi connectivity index (χ1v) is 14.1. The SMILES string of the molecule is CC(C)C(=O)COC(=O)C1(C(=O)O)CCN(Cc2ccc(-c3noc(-c4ccc(-c5ccccc5)c(F)c4)n3)cc2)CC1. The second kappa shape index (κ2) is 12.7. The normalized spacial score (nSPS) is 14.9. The van der Waals surface area contributed by atoms with Crippen molar-refractivity contribution in [1.82, 2.24) is 15.0 Å². The number of aliphatic carboxylic acids is 1. The Hall–Kier alpha value is -4.70. The van der Waals surface area contributed by atoms with Gasteiger partial charge in [0.25, 0.3) is 5.89 Å². The number of esters is 1. The molecule has 0 bridgehead atoms. The van der Waals surface area contributed by atoms with Crippen molar-refractivity contribution in [3.8, 4) is 34.0 Å². The number of carbonyl (C=O) groups excluding carboxylic acids is 2. The highest BCUT2D eigenvalue weighted by Gasteiger charge is 2.49. The molecule has 9 nitrogen and oxygen atoms in total. The van der Waals surface area contributed by atoms with Crippen LogP contribution < -0.4 is 0 Å². The third-order valence-electron chi connectivity index (χ3n) is 7.84. The van der Waals surface area contributed by atoms with Gasteiger partial charge in [-0.3, -0.25) is 19.3 Å². The summed E-state index contributed by atoms with van der Waals surface area (Å²) in [4.78, 5) is 43.1. The average molecular weight is 586 g/mol. The minimum Gasteiger partial charge on any atom is -0.480 e. The van der Waals surface area contributed by atoms with E-state index < -0.39 is 24.0 Å². The van der Waals surface area contributed by atoms with Gasteiger partial charge in [-0.1, -0.05) is 79.7 Å². The molecule has 0 unspecified atom stereocenters. The molecule has 1 aromatic heterocycles. The minimum absolute atomic E-state index is 0.0910. The van der Waals surface area contributed by atoms with Crippen molar-refractivity contribution in [3.05, 3.63) is 84.2 Å². The Bertz CT molecular complexity index is 1610. The molecule has 1 aliphatic heterocycles. The lowest BCUT2D eigenvalue weighted by molar-refractivity contribution is -0.174. The molecule has 3 aromatic carbocycles. The van der Waals surface area contributed by atoms with Crippen molar-refractivity contribution in [2.75, 3.05) is 19.7 Å². The van der Waals surface area contributed by atoms with Gasteiger partial charge in [0.1, 0.15) is 12.4 Å². The van der Waals surface area contributed by atoms with E-state index in [1.165, 1.54) is 6.07 Å². The average Bonchev–Trinajstić information content (AvgIpc) is 3.51. The molecular weight excluding hydrogens is 553 g/mol. The molecule has 0 aliphatic carbocycles. The number of hydrogen-bond donors (Lipinski definition) is 1. The number of aromatic nitrogens is 2. The molecule has 4 aromatic rings. The summed E-state index contributed by atoms with van der Waals surface area (Å²) < 4.78 is 25.4. The third kappa shape index (κ3) is 6.54. The van der Waals surface area contributed by atoms with Gasteiger partial charge in [0, 0.05) is 42.2 Å². The fourth-order valence-corrected chi connectivity index (χ4v) is 5.02. The van der Waals surface area contributed by atoms with Gasteiger partial charge in [0.05, 0.1) is 0 Å². The largest absolute Gasteiger partial charge is 0.480 e. The van der Waals surface area contributed by atoms with Crippen molar-refractivity contribution in [2.45, 2.75) is 33.2 Å². The molecule has 1 fully saturated rings. The maximum Gasteiger partial charge on any atom is 0.324 e. The molecule has 1 aliphatic rings. The van der Waals surface area contributed by atoms with E-state index in [9.17, 15) is 23.9 Å². The molecular formula is C33H32FN3O6. The van der Waals surface area contributed by atoms with Crippen molar-refractivity contribution >= 4 is 17.7 Å². The number of hydrogen-bond acceptors (Lipinski definition) is 8. The highest BCUT2D eigenvalue weighted by Crippen LogP contribution is 2.34. The van der Waals surface area contributed by atoms with Crippen molar-refractivity contribution in [2.24, 2.45) is 11.3 Å². The Morgan fingerprint density at radius 3 is 2.28 bits per heavy atom. The fourth-order valence-electron chi connectivity index (χ4n) is 5.02. The van der Waals surface area contributed by atoms with Gasteiger partial charge in [-0.2, -0.15) is 4.98 Å². The number of ketones is 1. The second-order valence-electron chi connectivity index (χ2n) is 11.0. The maximum absolute atomic E-state index is 14.8. The van der Waals surface area contributed by atoms with Crippen LogP contribution in [-0.2, 0) is 25.7 Å². The summed E-state index contributed by atoms with van der Waals surface area (Å²) >= 11 is 0. The zero-order valence-corrected chi connectivity index (χ0v) is 24.0. The van der Waals surface area contributed by atoms with Crippen molar-refractivity contribution < 1.29 is 33.1 Å².